The Labute approximate surface area is 174 Å². The predicted octanol–water partition coefficient (Wildman–Crippen LogP) is 4.74. The van der Waals surface area contributed by atoms with Gasteiger partial charge in [-0.25, -0.2) is 9.97 Å². The number of fused-ring (bicyclic) bond motifs is 1. The van der Waals surface area contributed by atoms with E-state index in [1.165, 1.54) is 10.9 Å². The van der Waals surface area contributed by atoms with E-state index >= 15 is 0 Å². The third-order valence-corrected chi connectivity index (χ3v) is 4.97. The number of aromatic nitrogens is 5. The van der Waals surface area contributed by atoms with Crippen LogP contribution in [0.4, 0.5) is 5.82 Å². The molecule has 0 atom stereocenters. The lowest BCUT2D eigenvalue weighted by molar-refractivity contribution is 1.01. The van der Waals surface area contributed by atoms with Crippen LogP contribution in [0, 0.1) is 0 Å². The molecular weight excluding hydrogens is 372 g/mol. The summed E-state index contributed by atoms with van der Waals surface area (Å²) < 4.78 is 0. The Hall–Kier alpha value is -4.06. The smallest absolute Gasteiger partial charge is 0.180 e. The molecule has 2 N–H and O–H groups in total. The van der Waals surface area contributed by atoms with Crippen LogP contribution < -0.4 is 5.32 Å². The molecule has 0 unspecified atom stereocenters. The van der Waals surface area contributed by atoms with E-state index in [0.717, 1.165) is 41.3 Å². The predicted molar refractivity (Wildman–Crippen MR) is 119 cm³/mol. The lowest BCUT2D eigenvalue weighted by atomic mass is 10.1. The zero-order chi connectivity index (χ0) is 20.2. The Bertz CT molecular complexity index is 1210. The monoisotopic (exact) mass is 392 g/mol. The van der Waals surface area contributed by atoms with Gasteiger partial charge in [0.15, 0.2) is 5.82 Å². The third-order valence-electron chi connectivity index (χ3n) is 4.97. The summed E-state index contributed by atoms with van der Waals surface area (Å²) in [6, 6.07) is 20.0. The Morgan fingerprint density at radius 1 is 0.833 bits per heavy atom. The number of hydrogen-bond acceptors (Lipinski definition) is 5. The normalized spacial score (nSPS) is 10.9. The molecule has 1 aromatic carbocycles. The molecular formula is C24H20N6. The first-order valence-corrected chi connectivity index (χ1v) is 9.86. The van der Waals surface area contributed by atoms with Crippen LogP contribution in [0.2, 0.25) is 0 Å². The van der Waals surface area contributed by atoms with Gasteiger partial charge in [0.2, 0.25) is 0 Å². The molecule has 0 fully saturated rings. The van der Waals surface area contributed by atoms with E-state index < -0.39 is 0 Å². The van der Waals surface area contributed by atoms with E-state index in [0.29, 0.717) is 5.82 Å². The number of para-hydroxylation sites is 1. The minimum Gasteiger partial charge on any atom is -0.370 e. The van der Waals surface area contributed by atoms with E-state index in [1.807, 2.05) is 42.5 Å². The van der Waals surface area contributed by atoms with Crippen LogP contribution in [-0.4, -0.2) is 31.5 Å². The Morgan fingerprint density at radius 3 is 2.57 bits per heavy atom. The Morgan fingerprint density at radius 2 is 1.70 bits per heavy atom. The molecule has 0 aliphatic rings. The average Bonchev–Trinajstić information content (AvgIpc) is 3.23. The summed E-state index contributed by atoms with van der Waals surface area (Å²) in [7, 11) is 0. The van der Waals surface area contributed by atoms with E-state index in [-0.39, 0.29) is 0 Å². The van der Waals surface area contributed by atoms with Crippen molar-refractivity contribution in [1.82, 2.24) is 24.9 Å². The van der Waals surface area contributed by atoms with Gasteiger partial charge in [0.25, 0.3) is 0 Å². The summed E-state index contributed by atoms with van der Waals surface area (Å²) in [5, 5.41) is 4.72. The molecule has 146 valence electrons. The van der Waals surface area contributed by atoms with Gasteiger partial charge in [0.1, 0.15) is 11.5 Å². The van der Waals surface area contributed by atoms with Gasteiger partial charge in [-0.1, -0.05) is 24.3 Å². The number of benzene rings is 1. The fourth-order valence-electron chi connectivity index (χ4n) is 3.48. The number of anilines is 1. The van der Waals surface area contributed by atoms with Gasteiger partial charge in [-0.05, 0) is 42.3 Å². The number of pyridine rings is 2. The van der Waals surface area contributed by atoms with Crippen LogP contribution >= 0.6 is 0 Å². The van der Waals surface area contributed by atoms with Crippen LogP contribution in [0.1, 0.15) is 5.56 Å². The van der Waals surface area contributed by atoms with Crippen molar-refractivity contribution in [2.45, 2.75) is 6.42 Å². The standard InChI is InChI=1S/C24H20N6/c1-2-6-20-19(5-1)18(16-28-20)10-14-27-23-15-22(17-8-12-25-13-9-17)29-24(30-23)21-7-3-4-11-26-21/h1-9,11-13,15-16,28H,10,14H2,(H,27,29,30). The quantitative estimate of drug-likeness (QED) is 0.436. The molecule has 0 saturated carbocycles. The molecule has 4 aromatic heterocycles. The second-order valence-corrected chi connectivity index (χ2v) is 6.95. The average molecular weight is 392 g/mol. The summed E-state index contributed by atoms with van der Waals surface area (Å²) in [6.07, 6.45) is 8.25. The van der Waals surface area contributed by atoms with Gasteiger partial charge < -0.3 is 10.3 Å². The maximum absolute atomic E-state index is 4.73. The number of nitrogens with zero attached hydrogens (tertiary/aromatic N) is 4. The van der Waals surface area contributed by atoms with E-state index in [2.05, 4.69) is 44.7 Å². The highest BCUT2D eigenvalue weighted by Crippen LogP contribution is 2.23. The largest absolute Gasteiger partial charge is 0.370 e. The van der Waals surface area contributed by atoms with Gasteiger partial charge in [-0.15, -0.1) is 0 Å². The van der Waals surface area contributed by atoms with Gasteiger partial charge in [0.05, 0.1) is 5.69 Å². The highest BCUT2D eigenvalue weighted by atomic mass is 15.0. The maximum Gasteiger partial charge on any atom is 0.180 e. The van der Waals surface area contributed by atoms with Crippen LogP contribution in [-0.2, 0) is 6.42 Å². The van der Waals surface area contributed by atoms with Crippen molar-refractivity contribution in [3.05, 3.63) is 91.0 Å². The van der Waals surface area contributed by atoms with Crippen molar-refractivity contribution >= 4 is 16.7 Å². The molecule has 30 heavy (non-hydrogen) atoms. The SMILES string of the molecule is c1ccc(-c2nc(NCCc3c[nH]c4ccccc34)cc(-c3ccncc3)n2)nc1. The minimum absolute atomic E-state index is 0.597. The molecule has 0 aliphatic carbocycles. The van der Waals surface area contributed by atoms with E-state index in [9.17, 15) is 0 Å². The van der Waals surface area contributed by atoms with E-state index in [4.69, 9.17) is 9.97 Å². The number of aromatic amines is 1. The maximum atomic E-state index is 4.73. The number of H-pyrrole nitrogens is 1. The molecule has 5 rings (SSSR count). The van der Waals surface area contributed by atoms with Crippen molar-refractivity contribution in [2.24, 2.45) is 0 Å². The molecule has 4 heterocycles. The Kier molecular flexibility index (Phi) is 4.88. The molecule has 0 aliphatic heterocycles. The van der Waals surface area contributed by atoms with Crippen LogP contribution in [0.5, 0.6) is 0 Å². The van der Waals surface area contributed by atoms with Crippen LogP contribution in [0.25, 0.3) is 33.7 Å². The topological polar surface area (TPSA) is 79.4 Å². The third kappa shape index (κ3) is 3.75. The number of nitrogens with one attached hydrogen (secondary N) is 2. The molecule has 0 bridgehead atoms. The molecule has 6 heteroatoms. The highest BCUT2D eigenvalue weighted by molar-refractivity contribution is 5.83. The van der Waals surface area contributed by atoms with Crippen molar-refractivity contribution in [2.75, 3.05) is 11.9 Å². The zero-order valence-corrected chi connectivity index (χ0v) is 16.3. The summed E-state index contributed by atoms with van der Waals surface area (Å²) in [5.74, 6) is 1.37. The fraction of sp³-hybridized carbons (Fsp3) is 0.0833. The minimum atomic E-state index is 0.597. The Balaban J connectivity index is 1.42. The molecule has 0 amide bonds. The number of rotatable bonds is 6. The second kappa shape index (κ2) is 8.13. The molecule has 0 spiro atoms. The van der Waals surface area contributed by atoms with Gasteiger partial charge in [0, 0.05) is 53.9 Å². The van der Waals surface area contributed by atoms with Gasteiger partial charge >= 0.3 is 0 Å². The molecule has 0 saturated heterocycles. The van der Waals surface area contributed by atoms with Crippen molar-refractivity contribution in [1.29, 1.82) is 0 Å². The second-order valence-electron chi connectivity index (χ2n) is 6.95. The van der Waals surface area contributed by atoms with Crippen molar-refractivity contribution < 1.29 is 0 Å². The fourth-order valence-corrected chi connectivity index (χ4v) is 3.48. The molecule has 0 radical (unpaired) electrons. The van der Waals surface area contributed by atoms with Crippen LogP contribution in [0.15, 0.2) is 85.5 Å². The van der Waals surface area contributed by atoms with Crippen molar-refractivity contribution in [3.63, 3.8) is 0 Å². The summed E-state index contributed by atoms with van der Waals surface area (Å²) >= 11 is 0. The van der Waals surface area contributed by atoms with Gasteiger partial charge in [-0.3, -0.25) is 9.97 Å². The van der Waals surface area contributed by atoms with E-state index in [1.54, 1.807) is 18.6 Å². The first kappa shape index (κ1) is 18.0. The van der Waals surface area contributed by atoms with Crippen molar-refractivity contribution in [3.8, 4) is 22.8 Å². The lowest BCUT2D eigenvalue weighted by Crippen LogP contribution is -2.08. The number of hydrogen-bond donors (Lipinski definition) is 2. The summed E-state index contributed by atoms with van der Waals surface area (Å²) in [5.41, 5.74) is 5.01. The summed E-state index contributed by atoms with van der Waals surface area (Å²) in [4.78, 5) is 21.3. The highest BCUT2D eigenvalue weighted by Gasteiger charge is 2.10. The molecule has 5 aromatic rings. The molecule has 6 nitrogen and oxygen atoms in total. The van der Waals surface area contributed by atoms with Gasteiger partial charge in [-0.2, -0.15) is 0 Å². The zero-order valence-electron chi connectivity index (χ0n) is 16.3. The lowest BCUT2D eigenvalue weighted by Gasteiger charge is -2.10. The van der Waals surface area contributed by atoms with Crippen LogP contribution in [0.3, 0.4) is 0 Å². The first-order valence-electron chi connectivity index (χ1n) is 9.86. The first-order chi connectivity index (χ1) is 14.9. The summed E-state index contributed by atoms with van der Waals surface area (Å²) in [6.45, 7) is 0.760.